The first kappa shape index (κ1) is 17.2. The molecule has 3 rings (SSSR count). The molecule has 7 heteroatoms. The van der Waals surface area contributed by atoms with Crippen molar-refractivity contribution < 1.29 is 14.3 Å². The fraction of sp³-hybridized carbons (Fsp3) is 0.529. The van der Waals surface area contributed by atoms with Crippen LogP contribution < -0.4 is 5.32 Å². The number of nitrogens with zero attached hydrogens (tertiary/aromatic N) is 2. The monoisotopic (exact) mass is 351 g/mol. The fourth-order valence-corrected chi connectivity index (χ4v) is 3.12. The minimum absolute atomic E-state index is 0.0204. The second-order valence-corrected chi connectivity index (χ2v) is 6.51. The van der Waals surface area contributed by atoms with Crippen LogP contribution in [0.1, 0.15) is 5.56 Å². The lowest BCUT2D eigenvalue weighted by atomic mass is 10.1. The van der Waals surface area contributed by atoms with Gasteiger partial charge >= 0.3 is 0 Å². The van der Waals surface area contributed by atoms with Crippen LogP contribution in [-0.2, 0) is 20.7 Å². The number of piperazine rings is 1. The van der Waals surface area contributed by atoms with E-state index in [9.17, 15) is 9.59 Å². The molecular formula is C17H22ClN3O3. The van der Waals surface area contributed by atoms with Crippen molar-refractivity contribution in [1.29, 1.82) is 0 Å². The molecule has 2 aliphatic rings. The maximum atomic E-state index is 12.4. The van der Waals surface area contributed by atoms with Crippen LogP contribution in [-0.4, -0.2) is 73.6 Å². The molecule has 6 nitrogen and oxygen atoms in total. The summed E-state index contributed by atoms with van der Waals surface area (Å²) in [6.07, 6.45) is -0.0316. The van der Waals surface area contributed by atoms with E-state index >= 15 is 0 Å². The molecule has 2 fully saturated rings. The van der Waals surface area contributed by atoms with Gasteiger partial charge < -0.3 is 19.9 Å². The van der Waals surface area contributed by atoms with E-state index in [1.54, 1.807) is 17.0 Å². The van der Waals surface area contributed by atoms with Crippen LogP contribution in [0.5, 0.6) is 0 Å². The van der Waals surface area contributed by atoms with Crippen molar-refractivity contribution in [1.82, 2.24) is 15.1 Å². The number of rotatable bonds is 3. The Morgan fingerprint density at radius 1 is 1.12 bits per heavy atom. The van der Waals surface area contributed by atoms with E-state index in [0.717, 1.165) is 12.1 Å². The molecule has 1 unspecified atom stereocenters. The van der Waals surface area contributed by atoms with Crippen LogP contribution >= 0.6 is 11.6 Å². The number of carbonyl (C=O) groups is 2. The molecule has 1 aromatic carbocycles. The third-order valence-electron chi connectivity index (χ3n) is 4.42. The Bertz CT molecular complexity index is 579. The predicted molar refractivity (Wildman–Crippen MR) is 90.9 cm³/mol. The molecule has 1 atom stereocenters. The van der Waals surface area contributed by atoms with Crippen LogP contribution in [0.15, 0.2) is 24.3 Å². The first-order chi connectivity index (χ1) is 11.6. The van der Waals surface area contributed by atoms with E-state index in [0.29, 0.717) is 50.8 Å². The van der Waals surface area contributed by atoms with E-state index in [1.807, 2.05) is 17.0 Å². The van der Waals surface area contributed by atoms with E-state index in [2.05, 4.69) is 5.32 Å². The maximum absolute atomic E-state index is 12.4. The van der Waals surface area contributed by atoms with Gasteiger partial charge in [0.1, 0.15) is 6.10 Å². The summed E-state index contributed by atoms with van der Waals surface area (Å²) >= 11 is 5.86. The summed E-state index contributed by atoms with van der Waals surface area (Å²) in [6, 6.07) is 7.32. The average molecular weight is 352 g/mol. The lowest BCUT2D eigenvalue weighted by Gasteiger charge is -2.37. The van der Waals surface area contributed by atoms with Gasteiger partial charge in [0.25, 0.3) is 5.91 Å². The number of morpholine rings is 1. The number of benzene rings is 1. The lowest BCUT2D eigenvalue weighted by Crippen LogP contribution is -2.56. The molecule has 0 aliphatic carbocycles. The average Bonchev–Trinajstić information content (AvgIpc) is 2.64. The third kappa shape index (κ3) is 4.26. The van der Waals surface area contributed by atoms with Crippen LogP contribution in [0.3, 0.4) is 0 Å². The van der Waals surface area contributed by atoms with Gasteiger partial charge in [-0.15, -0.1) is 0 Å². The van der Waals surface area contributed by atoms with Gasteiger partial charge in [0.2, 0.25) is 5.91 Å². The summed E-state index contributed by atoms with van der Waals surface area (Å²) in [7, 11) is 0. The number of hydrogen-bond donors (Lipinski definition) is 1. The summed E-state index contributed by atoms with van der Waals surface area (Å²) < 4.78 is 5.51. The van der Waals surface area contributed by atoms with Crippen LogP contribution in [0, 0.1) is 0 Å². The molecule has 0 saturated carbocycles. The molecule has 2 heterocycles. The van der Waals surface area contributed by atoms with Gasteiger partial charge in [0.15, 0.2) is 0 Å². The molecule has 0 spiro atoms. The van der Waals surface area contributed by atoms with Crippen molar-refractivity contribution in [2.75, 3.05) is 45.9 Å². The second kappa shape index (κ2) is 7.96. The highest BCUT2D eigenvalue weighted by atomic mass is 35.5. The highest BCUT2D eigenvalue weighted by molar-refractivity contribution is 6.30. The van der Waals surface area contributed by atoms with Gasteiger partial charge in [0.05, 0.1) is 13.0 Å². The Hall–Kier alpha value is -1.63. The Balaban J connectivity index is 1.48. The molecule has 2 saturated heterocycles. The molecule has 0 bridgehead atoms. The Morgan fingerprint density at radius 2 is 1.79 bits per heavy atom. The van der Waals surface area contributed by atoms with Crippen molar-refractivity contribution in [2.24, 2.45) is 0 Å². The van der Waals surface area contributed by atoms with Gasteiger partial charge in [-0.05, 0) is 17.7 Å². The number of halogens is 1. The lowest BCUT2D eigenvalue weighted by molar-refractivity contribution is -0.149. The topological polar surface area (TPSA) is 61.9 Å². The highest BCUT2D eigenvalue weighted by Gasteiger charge is 2.30. The zero-order valence-electron chi connectivity index (χ0n) is 13.5. The minimum atomic E-state index is -0.393. The van der Waals surface area contributed by atoms with Crippen molar-refractivity contribution in [2.45, 2.75) is 12.5 Å². The SMILES string of the molecule is O=C(Cc1ccc(Cl)cc1)N1CCN(C(=O)C2CNCCO2)CC1. The molecule has 0 aromatic heterocycles. The largest absolute Gasteiger partial charge is 0.366 e. The molecule has 1 N–H and O–H groups in total. The van der Waals surface area contributed by atoms with E-state index < -0.39 is 6.10 Å². The van der Waals surface area contributed by atoms with E-state index in [1.165, 1.54) is 0 Å². The second-order valence-electron chi connectivity index (χ2n) is 6.07. The number of nitrogens with one attached hydrogen (secondary N) is 1. The first-order valence-corrected chi connectivity index (χ1v) is 8.64. The Morgan fingerprint density at radius 3 is 2.42 bits per heavy atom. The maximum Gasteiger partial charge on any atom is 0.253 e. The molecule has 2 aliphatic heterocycles. The number of hydrogen-bond acceptors (Lipinski definition) is 4. The number of carbonyl (C=O) groups excluding carboxylic acids is 2. The van der Waals surface area contributed by atoms with Crippen molar-refractivity contribution in [3.05, 3.63) is 34.9 Å². The fourth-order valence-electron chi connectivity index (χ4n) is 2.99. The summed E-state index contributed by atoms with van der Waals surface area (Å²) in [5.41, 5.74) is 0.949. The van der Waals surface area contributed by atoms with Crippen molar-refractivity contribution >= 4 is 23.4 Å². The molecule has 2 amide bonds. The molecule has 130 valence electrons. The molecule has 1 aromatic rings. The van der Waals surface area contributed by atoms with Gasteiger partial charge in [-0.2, -0.15) is 0 Å². The summed E-state index contributed by atoms with van der Waals surface area (Å²) in [6.45, 7) is 4.17. The van der Waals surface area contributed by atoms with Crippen LogP contribution in [0.4, 0.5) is 0 Å². The first-order valence-electron chi connectivity index (χ1n) is 8.27. The Labute approximate surface area is 146 Å². The predicted octanol–water partition coefficient (Wildman–Crippen LogP) is 0.542. The normalized spacial score (nSPS) is 21.6. The quantitative estimate of drug-likeness (QED) is 0.863. The molecular weight excluding hydrogens is 330 g/mol. The smallest absolute Gasteiger partial charge is 0.253 e. The highest BCUT2D eigenvalue weighted by Crippen LogP contribution is 2.12. The Kier molecular flexibility index (Phi) is 5.71. The van der Waals surface area contributed by atoms with Gasteiger partial charge in [-0.25, -0.2) is 0 Å². The van der Waals surface area contributed by atoms with Crippen LogP contribution in [0.25, 0.3) is 0 Å². The number of ether oxygens (including phenoxy) is 1. The minimum Gasteiger partial charge on any atom is -0.366 e. The summed E-state index contributed by atoms with van der Waals surface area (Å²) in [4.78, 5) is 28.4. The van der Waals surface area contributed by atoms with Gasteiger partial charge in [0, 0.05) is 44.3 Å². The van der Waals surface area contributed by atoms with E-state index in [-0.39, 0.29) is 11.8 Å². The zero-order chi connectivity index (χ0) is 16.9. The third-order valence-corrected chi connectivity index (χ3v) is 4.67. The zero-order valence-corrected chi connectivity index (χ0v) is 14.3. The van der Waals surface area contributed by atoms with Crippen molar-refractivity contribution in [3.8, 4) is 0 Å². The molecule has 24 heavy (non-hydrogen) atoms. The summed E-state index contributed by atoms with van der Waals surface area (Å²) in [5.74, 6) is 0.104. The van der Waals surface area contributed by atoms with Crippen LogP contribution in [0.2, 0.25) is 5.02 Å². The van der Waals surface area contributed by atoms with Gasteiger partial charge in [-0.1, -0.05) is 23.7 Å². The van der Waals surface area contributed by atoms with E-state index in [4.69, 9.17) is 16.3 Å². The molecule has 0 radical (unpaired) electrons. The standard InChI is InChI=1S/C17H22ClN3O3/c18-14-3-1-13(2-4-14)11-16(22)20-6-8-21(9-7-20)17(23)15-12-19-5-10-24-15/h1-4,15,19H,5-12H2. The summed E-state index contributed by atoms with van der Waals surface area (Å²) in [5, 5.41) is 3.83. The van der Waals surface area contributed by atoms with Crippen molar-refractivity contribution in [3.63, 3.8) is 0 Å². The number of amides is 2. The van der Waals surface area contributed by atoms with Gasteiger partial charge in [-0.3, -0.25) is 9.59 Å².